The molecule has 0 saturated carbocycles. The van der Waals surface area contributed by atoms with Gasteiger partial charge in [0.2, 0.25) is 0 Å². The van der Waals surface area contributed by atoms with E-state index in [1.807, 2.05) is 17.9 Å². The fourth-order valence-corrected chi connectivity index (χ4v) is 3.25. The van der Waals surface area contributed by atoms with Gasteiger partial charge in [0.1, 0.15) is 5.82 Å². The first-order chi connectivity index (χ1) is 11.0. The van der Waals surface area contributed by atoms with Gasteiger partial charge in [0.15, 0.2) is 0 Å². The topological polar surface area (TPSA) is 59.2 Å². The predicted molar refractivity (Wildman–Crippen MR) is 88.7 cm³/mol. The lowest BCUT2D eigenvalue weighted by Crippen LogP contribution is -2.42. The summed E-state index contributed by atoms with van der Waals surface area (Å²) in [6.45, 7) is 5.28. The molecule has 3 rings (SSSR count). The van der Waals surface area contributed by atoms with E-state index in [2.05, 4.69) is 4.98 Å². The maximum Gasteiger partial charge on any atom is 0.255 e. The van der Waals surface area contributed by atoms with Crippen molar-refractivity contribution in [2.45, 2.75) is 32.7 Å². The van der Waals surface area contributed by atoms with E-state index >= 15 is 0 Å². The molecular weight excluding hydrogens is 293 g/mol. The number of hydrogen-bond donors (Lipinski definition) is 1. The molecule has 122 valence electrons. The number of nitrogens with two attached hydrogens (primary N) is 1. The molecule has 2 heterocycles. The molecule has 0 radical (unpaired) electrons. The molecule has 1 saturated heterocycles. The lowest BCUT2D eigenvalue weighted by Gasteiger charge is -2.34. The minimum atomic E-state index is -0.318. The monoisotopic (exact) mass is 315 g/mol. The van der Waals surface area contributed by atoms with Gasteiger partial charge in [-0.25, -0.2) is 4.39 Å². The minimum absolute atomic E-state index is 0.00403. The Kier molecular flexibility index (Phi) is 4.31. The Morgan fingerprint density at radius 2 is 2.04 bits per heavy atom. The van der Waals surface area contributed by atoms with Crippen LogP contribution in [0, 0.1) is 18.7 Å². The predicted octanol–water partition coefficient (Wildman–Crippen LogP) is 2.88. The molecule has 1 aliphatic heterocycles. The molecule has 2 N–H and O–H groups in total. The van der Waals surface area contributed by atoms with Crippen LogP contribution in [-0.4, -0.2) is 34.9 Å². The van der Waals surface area contributed by atoms with Gasteiger partial charge >= 0.3 is 0 Å². The van der Waals surface area contributed by atoms with Crippen LogP contribution in [0.25, 0.3) is 10.9 Å². The first-order valence-corrected chi connectivity index (χ1v) is 8.07. The molecule has 2 aromatic rings. The number of aromatic nitrogens is 1. The highest BCUT2D eigenvalue weighted by molar-refractivity contribution is 5.98. The highest BCUT2D eigenvalue weighted by Gasteiger charge is 2.26. The van der Waals surface area contributed by atoms with Gasteiger partial charge in [0.05, 0.1) is 16.8 Å². The number of nitrogens with zero attached hydrogens (tertiary/aromatic N) is 2. The lowest BCUT2D eigenvalue weighted by molar-refractivity contribution is 0.0680. The van der Waals surface area contributed by atoms with Crippen molar-refractivity contribution in [2.75, 3.05) is 13.1 Å². The average molecular weight is 315 g/mol. The van der Waals surface area contributed by atoms with Gasteiger partial charge in [-0.15, -0.1) is 0 Å². The van der Waals surface area contributed by atoms with Gasteiger partial charge in [0.25, 0.3) is 5.91 Å². The summed E-state index contributed by atoms with van der Waals surface area (Å²) in [5, 5.41) is 0.783. The first kappa shape index (κ1) is 15.9. The van der Waals surface area contributed by atoms with Crippen molar-refractivity contribution in [1.29, 1.82) is 0 Å². The third kappa shape index (κ3) is 3.20. The van der Waals surface area contributed by atoms with Crippen molar-refractivity contribution in [2.24, 2.45) is 11.7 Å². The molecule has 4 nitrogen and oxygen atoms in total. The summed E-state index contributed by atoms with van der Waals surface area (Å²) in [4.78, 5) is 19.0. The second kappa shape index (κ2) is 6.24. The molecule has 1 unspecified atom stereocenters. The normalized spacial score (nSPS) is 17.5. The largest absolute Gasteiger partial charge is 0.339 e. The lowest BCUT2D eigenvalue weighted by atomic mass is 9.90. The van der Waals surface area contributed by atoms with Crippen LogP contribution < -0.4 is 5.73 Å². The third-order valence-electron chi connectivity index (χ3n) is 4.77. The smallest absolute Gasteiger partial charge is 0.255 e. The zero-order valence-corrected chi connectivity index (χ0v) is 13.6. The average Bonchev–Trinajstić information content (AvgIpc) is 2.53. The van der Waals surface area contributed by atoms with Crippen LogP contribution in [0.3, 0.4) is 0 Å². The Morgan fingerprint density at radius 1 is 1.35 bits per heavy atom. The van der Waals surface area contributed by atoms with Crippen LogP contribution in [0.2, 0.25) is 0 Å². The van der Waals surface area contributed by atoms with Gasteiger partial charge < -0.3 is 10.6 Å². The number of piperidine rings is 1. The number of carbonyl (C=O) groups excluding carboxylic acids is 1. The van der Waals surface area contributed by atoms with E-state index in [1.54, 1.807) is 13.0 Å². The van der Waals surface area contributed by atoms with Crippen LogP contribution in [0.5, 0.6) is 0 Å². The zero-order chi connectivity index (χ0) is 16.6. The number of pyridine rings is 1. The number of aryl methyl sites for hydroxylation is 1. The molecular formula is C18H22FN3O. The van der Waals surface area contributed by atoms with Crippen molar-refractivity contribution in [1.82, 2.24) is 9.88 Å². The maximum absolute atomic E-state index is 13.3. The Morgan fingerprint density at radius 3 is 2.70 bits per heavy atom. The van der Waals surface area contributed by atoms with Gasteiger partial charge in [-0.3, -0.25) is 9.78 Å². The molecule has 23 heavy (non-hydrogen) atoms. The minimum Gasteiger partial charge on any atom is -0.339 e. The number of fused-ring (bicyclic) bond motifs is 1. The second-order valence-corrected chi connectivity index (χ2v) is 6.45. The maximum atomic E-state index is 13.3. The first-order valence-electron chi connectivity index (χ1n) is 8.07. The van der Waals surface area contributed by atoms with E-state index in [4.69, 9.17) is 5.73 Å². The number of halogens is 1. The summed E-state index contributed by atoms with van der Waals surface area (Å²) in [5.41, 5.74) is 7.77. The molecule has 1 amide bonds. The molecule has 1 aromatic heterocycles. The molecule has 0 spiro atoms. The number of likely N-dealkylation sites (tertiary alicyclic amines) is 1. The van der Waals surface area contributed by atoms with Gasteiger partial charge in [0, 0.05) is 30.6 Å². The summed E-state index contributed by atoms with van der Waals surface area (Å²) < 4.78 is 13.3. The molecule has 5 heteroatoms. The summed E-state index contributed by atoms with van der Waals surface area (Å²) in [6.07, 6.45) is 1.88. The van der Waals surface area contributed by atoms with Gasteiger partial charge in [-0.2, -0.15) is 0 Å². The standard InChI is InChI=1S/C18H22FN3O/c1-11(20)13-5-7-22(8-6-13)18(23)16-9-14-3-4-15(19)10-17(14)21-12(16)2/h3-4,9-11,13H,5-8,20H2,1-2H3. The molecule has 1 atom stereocenters. The quantitative estimate of drug-likeness (QED) is 0.927. The molecule has 1 aliphatic rings. The highest BCUT2D eigenvalue weighted by atomic mass is 19.1. The van der Waals surface area contributed by atoms with E-state index in [1.165, 1.54) is 12.1 Å². The van der Waals surface area contributed by atoms with Crippen molar-refractivity contribution >= 4 is 16.8 Å². The van der Waals surface area contributed by atoms with Crippen LogP contribution in [0.1, 0.15) is 35.8 Å². The molecule has 1 fully saturated rings. The van der Waals surface area contributed by atoms with Crippen molar-refractivity contribution in [3.63, 3.8) is 0 Å². The zero-order valence-electron chi connectivity index (χ0n) is 13.6. The number of hydrogen-bond acceptors (Lipinski definition) is 3. The number of benzene rings is 1. The van der Waals surface area contributed by atoms with E-state index in [-0.39, 0.29) is 17.8 Å². The van der Waals surface area contributed by atoms with Crippen LogP contribution >= 0.6 is 0 Å². The third-order valence-corrected chi connectivity index (χ3v) is 4.77. The fraction of sp³-hybridized carbons (Fsp3) is 0.444. The number of rotatable bonds is 2. The number of amides is 1. The van der Waals surface area contributed by atoms with Crippen molar-refractivity contribution < 1.29 is 9.18 Å². The molecule has 0 bridgehead atoms. The second-order valence-electron chi connectivity index (χ2n) is 6.45. The fourth-order valence-electron chi connectivity index (χ4n) is 3.25. The van der Waals surface area contributed by atoms with Crippen molar-refractivity contribution in [3.05, 3.63) is 41.3 Å². The van der Waals surface area contributed by atoms with Crippen LogP contribution in [-0.2, 0) is 0 Å². The van der Waals surface area contributed by atoms with E-state index < -0.39 is 0 Å². The summed E-state index contributed by atoms with van der Waals surface area (Å²) >= 11 is 0. The van der Waals surface area contributed by atoms with Crippen molar-refractivity contribution in [3.8, 4) is 0 Å². The summed E-state index contributed by atoms with van der Waals surface area (Å²) in [6, 6.07) is 6.44. The van der Waals surface area contributed by atoms with E-state index in [9.17, 15) is 9.18 Å². The Labute approximate surface area is 135 Å². The van der Waals surface area contributed by atoms with Crippen LogP contribution in [0.15, 0.2) is 24.3 Å². The Balaban J connectivity index is 1.84. The van der Waals surface area contributed by atoms with Gasteiger partial charge in [-0.1, -0.05) is 0 Å². The summed E-state index contributed by atoms with van der Waals surface area (Å²) in [7, 11) is 0. The SMILES string of the molecule is Cc1nc2cc(F)ccc2cc1C(=O)N1CCC(C(C)N)CC1. The van der Waals surface area contributed by atoms with Gasteiger partial charge in [-0.05, 0) is 50.8 Å². The van der Waals surface area contributed by atoms with E-state index in [0.717, 1.165) is 31.3 Å². The molecule has 0 aliphatic carbocycles. The molecule has 1 aromatic carbocycles. The highest BCUT2D eigenvalue weighted by Crippen LogP contribution is 2.23. The Bertz CT molecular complexity index is 736. The van der Waals surface area contributed by atoms with E-state index in [0.29, 0.717) is 22.7 Å². The number of carbonyl (C=O) groups is 1. The Hall–Kier alpha value is -2.01. The summed E-state index contributed by atoms with van der Waals surface area (Å²) in [5.74, 6) is 0.170. The van der Waals surface area contributed by atoms with Crippen LogP contribution in [0.4, 0.5) is 4.39 Å².